The molecule has 0 unspecified atom stereocenters. The van der Waals surface area contributed by atoms with Crippen LogP contribution in [0, 0.1) is 11.6 Å². The first-order valence-corrected chi connectivity index (χ1v) is 6.67. The average Bonchev–Trinajstić information content (AvgIpc) is 2.46. The number of anilines is 1. The van der Waals surface area contributed by atoms with Gasteiger partial charge in [0.1, 0.15) is 11.6 Å². The number of benzene rings is 2. The Bertz CT molecular complexity index is 680. The average molecular weight is 288 g/mol. The van der Waals surface area contributed by atoms with E-state index in [1.807, 2.05) is 29.2 Å². The number of hydrogen-bond donors (Lipinski definition) is 1. The molecule has 1 heterocycles. The van der Waals surface area contributed by atoms with Crippen molar-refractivity contribution in [3.05, 3.63) is 65.2 Å². The largest absolute Gasteiger partial charge is 0.411 e. The van der Waals surface area contributed by atoms with Crippen molar-refractivity contribution in [2.45, 2.75) is 13.0 Å². The molecule has 0 bridgehead atoms. The normalized spacial score (nSPS) is 16.1. The highest BCUT2D eigenvalue weighted by molar-refractivity contribution is 6.06. The first-order valence-electron chi connectivity index (χ1n) is 6.67. The van der Waals surface area contributed by atoms with Gasteiger partial charge in [0, 0.05) is 36.8 Å². The molecule has 0 aliphatic carbocycles. The molecule has 0 aromatic heterocycles. The summed E-state index contributed by atoms with van der Waals surface area (Å²) in [6, 6.07) is 11.1. The summed E-state index contributed by atoms with van der Waals surface area (Å²) in [7, 11) is 0. The molecule has 5 heteroatoms. The zero-order chi connectivity index (χ0) is 14.8. The van der Waals surface area contributed by atoms with E-state index < -0.39 is 11.6 Å². The lowest BCUT2D eigenvalue weighted by atomic mass is 9.99. The van der Waals surface area contributed by atoms with E-state index in [9.17, 15) is 8.78 Å². The van der Waals surface area contributed by atoms with Crippen molar-refractivity contribution in [1.82, 2.24) is 0 Å². The topological polar surface area (TPSA) is 35.8 Å². The summed E-state index contributed by atoms with van der Waals surface area (Å²) < 4.78 is 26.6. The highest BCUT2D eigenvalue weighted by atomic mass is 19.1. The molecule has 1 N–H and O–H groups in total. The minimum absolute atomic E-state index is 0.407. The Balaban J connectivity index is 1.93. The van der Waals surface area contributed by atoms with Crippen LogP contribution in [-0.2, 0) is 6.54 Å². The zero-order valence-corrected chi connectivity index (χ0v) is 11.3. The first-order chi connectivity index (χ1) is 10.2. The van der Waals surface area contributed by atoms with Gasteiger partial charge in [0.15, 0.2) is 0 Å². The highest BCUT2D eigenvalue weighted by Crippen LogP contribution is 2.28. The van der Waals surface area contributed by atoms with Crippen molar-refractivity contribution in [2.75, 3.05) is 11.4 Å². The summed E-state index contributed by atoms with van der Waals surface area (Å²) in [5.74, 6) is -1.15. The van der Waals surface area contributed by atoms with E-state index in [1.165, 1.54) is 12.1 Å². The van der Waals surface area contributed by atoms with Gasteiger partial charge in [-0.05, 0) is 23.8 Å². The molecule has 2 aromatic carbocycles. The van der Waals surface area contributed by atoms with Gasteiger partial charge in [0.2, 0.25) is 0 Å². The molecule has 0 radical (unpaired) electrons. The van der Waals surface area contributed by atoms with Crippen LogP contribution in [0.3, 0.4) is 0 Å². The number of halogens is 2. The number of oxime groups is 1. The van der Waals surface area contributed by atoms with Gasteiger partial charge in [-0.2, -0.15) is 0 Å². The van der Waals surface area contributed by atoms with Gasteiger partial charge in [0.25, 0.3) is 0 Å². The second-order valence-corrected chi connectivity index (χ2v) is 5.01. The van der Waals surface area contributed by atoms with Crippen molar-refractivity contribution < 1.29 is 14.0 Å². The third-order valence-electron chi connectivity index (χ3n) is 3.59. The fraction of sp³-hybridized carbons (Fsp3) is 0.188. The summed E-state index contributed by atoms with van der Waals surface area (Å²) in [6.07, 6.45) is 0.589. The van der Waals surface area contributed by atoms with E-state index in [2.05, 4.69) is 5.16 Å². The summed E-state index contributed by atoms with van der Waals surface area (Å²) in [5.41, 5.74) is 2.96. The molecule has 0 atom stereocenters. The number of fused-ring (bicyclic) bond motifs is 1. The smallest absolute Gasteiger partial charge is 0.126 e. The fourth-order valence-corrected chi connectivity index (χ4v) is 2.68. The molecule has 3 nitrogen and oxygen atoms in total. The molecule has 0 saturated carbocycles. The Morgan fingerprint density at radius 2 is 1.81 bits per heavy atom. The Hall–Kier alpha value is -2.43. The maximum atomic E-state index is 13.3. The van der Waals surface area contributed by atoms with E-state index in [0.717, 1.165) is 17.3 Å². The van der Waals surface area contributed by atoms with Crippen LogP contribution in [0.25, 0.3) is 0 Å². The molecule has 0 saturated heterocycles. The SMILES string of the molecule is O/N=C1/CCN(Cc2cc(F)cc(F)c2)c2ccccc21. The monoisotopic (exact) mass is 288 g/mol. The second kappa shape index (κ2) is 5.52. The van der Waals surface area contributed by atoms with Crippen molar-refractivity contribution in [3.8, 4) is 0 Å². The predicted molar refractivity (Wildman–Crippen MR) is 76.8 cm³/mol. The van der Waals surface area contributed by atoms with Crippen LogP contribution in [-0.4, -0.2) is 17.5 Å². The quantitative estimate of drug-likeness (QED) is 0.677. The zero-order valence-electron chi connectivity index (χ0n) is 11.3. The maximum absolute atomic E-state index is 13.3. The molecule has 2 aromatic rings. The Morgan fingerprint density at radius 3 is 2.52 bits per heavy atom. The van der Waals surface area contributed by atoms with E-state index >= 15 is 0 Å². The van der Waals surface area contributed by atoms with Crippen molar-refractivity contribution in [3.63, 3.8) is 0 Å². The first kappa shape index (κ1) is 13.5. The minimum atomic E-state index is -0.576. The van der Waals surface area contributed by atoms with E-state index in [0.29, 0.717) is 30.8 Å². The molecule has 0 amide bonds. The van der Waals surface area contributed by atoms with Crippen LogP contribution in [0.15, 0.2) is 47.6 Å². The third-order valence-corrected chi connectivity index (χ3v) is 3.59. The van der Waals surface area contributed by atoms with Crippen LogP contribution in [0.4, 0.5) is 14.5 Å². The summed E-state index contributed by atoms with van der Waals surface area (Å²) in [4.78, 5) is 2.03. The van der Waals surface area contributed by atoms with E-state index in [1.54, 1.807) is 0 Å². The summed E-state index contributed by atoms with van der Waals surface area (Å²) >= 11 is 0. The van der Waals surface area contributed by atoms with Gasteiger partial charge in [-0.1, -0.05) is 23.4 Å². The Morgan fingerprint density at radius 1 is 1.10 bits per heavy atom. The van der Waals surface area contributed by atoms with Crippen molar-refractivity contribution in [1.29, 1.82) is 0 Å². The van der Waals surface area contributed by atoms with Gasteiger partial charge in [-0.25, -0.2) is 8.78 Å². The lowest BCUT2D eigenvalue weighted by Gasteiger charge is -2.31. The molecule has 21 heavy (non-hydrogen) atoms. The van der Waals surface area contributed by atoms with Crippen LogP contribution < -0.4 is 4.90 Å². The second-order valence-electron chi connectivity index (χ2n) is 5.01. The Labute approximate surface area is 121 Å². The maximum Gasteiger partial charge on any atom is 0.126 e. The number of nitrogens with zero attached hydrogens (tertiary/aromatic N) is 2. The number of hydrogen-bond acceptors (Lipinski definition) is 3. The molecular formula is C16H14F2N2O. The van der Waals surface area contributed by atoms with E-state index in [4.69, 9.17) is 5.21 Å². The molecule has 0 fully saturated rings. The van der Waals surface area contributed by atoms with Crippen LogP contribution in [0.5, 0.6) is 0 Å². The summed E-state index contributed by atoms with van der Waals surface area (Å²) in [6.45, 7) is 1.04. The standard InChI is InChI=1S/C16H14F2N2O/c17-12-7-11(8-13(18)9-12)10-20-6-5-15(19-21)14-3-1-2-4-16(14)20/h1-4,7-9,21H,5-6,10H2/b19-15-. The lowest BCUT2D eigenvalue weighted by Crippen LogP contribution is -2.32. The Kier molecular flexibility index (Phi) is 3.56. The minimum Gasteiger partial charge on any atom is -0.411 e. The molecule has 108 valence electrons. The number of para-hydroxylation sites is 1. The van der Waals surface area contributed by atoms with E-state index in [-0.39, 0.29) is 0 Å². The van der Waals surface area contributed by atoms with Gasteiger partial charge < -0.3 is 10.1 Å². The summed E-state index contributed by atoms with van der Waals surface area (Å²) in [5, 5.41) is 12.4. The van der Waals surface area contributed by atoms with Crippen LogP contribution >= 0.6 is 0 Å². The molecule has 1 aliphatic heterocycles. The van der Waals surface area contributed by atoms with Crippen molar-refractivity contribution in [2.24, 2.45) is 5.16 Å². The number of rotatable bonds is 2. The predicted octanol–water partition coefficient (Wildman–Crippen LogP) is 3.55. The molecular weight excluding hydrogens is 274 g/mol. The fourth-order valence-electron chi connectivity index (χ4n) is 2.68. The van der Waals surface area contributed by atoms with Crippen LogP contribution in [0.1, 0.15) is 17.5 Å². The lowest BCUT2D eigenvalue weighted by molar-refractivity contribution is 0.317. The van der Waals surface area contributed by atoms with Gasteiger partial charge in [-0.3, -0.25) is 0 Å². The van der Waals surface area contributed by atoms with Gasteiger partial charge in [-0.15, -0.1) is 0 Å². The molecule has 1 aliphatic rings. The van der Waals surface area contributed by atoms with Gasteiger partial charge >= 0.3 is 0 Å². The third kappa shape index (κ3) is 2.72. The molecule has 3 rings (SSSR count). The van der Waals surface area contributed by atoms with Crippen LogP contribution in [0.2, 0.25) is 0 Å². The molecule has 0 spiro atoms. The van der Waals surface area contributed by atoms with Gasteiger partial charge in [0.05, 0.1) is 5.71 Å². The highest BCUT2D eigenvalue weighted by Gasteiger charge is 2.21. The van der Waals surface area contributed by atoms with Crippen molar-refractivity contribution >= 4 is 11.4 Å².